The maximum atomic E-state index is 5.67. The van der Waals surface area contributed by atoms with Gasteiger partial charge in [-0.3, -0.25) is 4.68 Å². The summed E-state index contributed by atoms with van der Waals surface area (Å²) in [4.78, 5) is 0. The summed E-state index contributed by atoms with van der Waals surface area (Å²) in [6.07, 6.45) is 6.39. The summed E-state index contributed by atoms with van der Waals surface area (Å²) < 4.78 is 7.79. The van der Waals surface area contributed by atoms with Crippen LogP contribution >= 0.6 is 0 Å². The summed E-state index contributed by atoms with van der Waals surface area (Å²) in [6.45, 7) is 11.3. The molecule has 1 rings (SSSR count). The normalized spacial score (nSPS) is 13.1. The Morgan fingerprint density at radius 3 is 2.60 bits per heavy atom. The van der Waals surface area contributed by atoms with E-state index in [0.29, 0.717) is 12.1 Å². The Hall–Kier alpha value is -0.870. The lowest BCUT2D eigenvalue weighted by Gasteiger charge is -2.17. The fourth-order valence-electron chi connectivity index (χ4n) is 2.45. The van der Waals surface area contributed by atoms with Crippen LogP contribution in [0.2, 0.25) is 0 Å². The molecular formula is C16H31N3O. The molecule has 0 amide bonds. The smallest absolute Gasteiger partial charge is 0.0641 e. The molecule has 0 aliphatic carbocycles. The number of aromatic nitrogens is 2. The van der Waals surface area contributed by atoms with Gasteiger partial charge in [0.1, 0.15) is 0 Å². The van der Waals surface area contributed by atoms with Gasteiger partial charge in [-0.25, -0.2) is 0 Å². The molecule has 4 nitrogen and oxygen atoms in total. The minimum absolute atomic E-state index is 0.358. The number of rotatable bonds is 11. The van der Waals surface area contributed by atoms with Crippen molar-refractivity contribution in [3.8, 4) is 0 Å². The first-order valence-corrected chi connectivity index (χ1v) is 8.10. The fourth-order valence-corrected chi connectivity index (χ4v) is 2.45. The number of nitrogens with zero attached hydrogens (tertiary/aromatic N) is 2. The molecule has 0 aliphatic rings. The molecule has 0 aromatic carbocycles. The van der Waals surface area contributed by atoms with E-state index in [4.69, 9.17) is 9.84 Å². The zero-order valence-electron chi connectivity index (χ0n) is 13.6. The molecule has 0 fully saturated rings. The molecule has 0 bridgehead atoms. The number of ether oxygens (including phenoxy) is 1. The molecule has 0 radical (unpaired) electrons. The van der Waals surface area contributed by atoms with Crippen molar-refractivity contribution in [1.82, 2.24) is 15.1 Å². The highest BCUT2D eigenvalue weighted by atomic mass is 16.5. The predicted molar refractivity (Wildman–Crippen MR) is 84.1 cm³/mol. The van der Waals surface area contributed by atoms with Gasteiger partial charge in [-0.15, -0.1) is 0 Å². The molecule has 0 spiro atoms. The standard InChI is InChI=1S/C16H31N3O/c1-5-11-20-13-15(17-8-4)12-14-9-10-19(18-14)16(6-2)7-3/h9-10,15-17H,5-8,11-13H2,1-4H3. The summed E-state index contributed by atoms with van der Waals surface area (Å²) in [6, 6.07) is 3.02. The van der Waals surface area contributed by atoms with Crippen LogP contribution in [0.3, 0.4) is 0 Å². The molecule has 20 heavy (non-hydrogen) atoms. The zero-order valence-corrected chi connectivity index (χ0v) is 13.6. The lowest BCUT2D eigenvalue weighted by Crippen LogP contribution is -2.35. The van der Waals surface area contributed by atoms with E-state index in [0.717, 1.165) is 51.1 Å². The van der Waals surface area contributed by atoms with Crippen LogP contribution in [0.5, 0.6) is 0 Å². The van der Waals surface area contributed by atoms with Crippen LogP contribution < -0.4 is 5.32 Å². The Balaban J connectivity index is 2.54. The van der Waals surface area contributed by atoms with E-state index in [-0.39, 0.29) is 0 Å². The molecule has 0 aliphatic heterocycles. The first-order valence-electron chi connectivity index (χ1n) is 8.10. The van der Waals surface area contributed by atoms with E-state index >= 15 is 0 Å². The minimum Gasteiger partial charge on any atom is -0.380 e. The van der Waals surface area contributed by atoms with Gasteiger partial charge in [0.05, 0.1) is 18.3 Å². The summed E-state index contributed by atoms with van der Waals surface area (Å²) >= 11 is 0. The van der Waals surface area contributed by atoms with Crippen LogP contribution in [0.25, 0.3) is 0 Å². The van der Waals surface area contributed by atoms with E-state index in [1.54, 1.807) is 0 Å². The fraction of sp³-hybridized carbons (Fsp3) is 0.812. The van der Waals surface area contributed by atoms with Crippen molar-refractivity contribution in [2.45, 2.75) is 65.5 Å². The molecular weight excluding hydrogens is 250 g/mol. The maximum absolute atomic E-state index is 5.67. The first kappa shape index (κ1) is 17.2. The summed E-state index contributed by atoms with van der Waals surface area (Å²) in [5, 5.41) is 8.21. The van der Waals surface area contributed by atoms with Crippen molar-refractivity contribution in [2.24, 2.45) is 0 Å². The van der Waals surface area contributed by atoms with Crippen LogP contribution in [-0.2, 0) is 11.2 Å². The number of nitrogens with one attached hydrogen (secondary N) is 1. The number of hydrogen-bond acceptors (Lipinski definition) is 3. The minimum atomic E-state index is 0.358. The van der Waals surface area contributed by atoms with Crippen LogP contribution in [-0.4, -0.2) is 35.6 Å². The van der Waals surface area contributed by atoms with Gasteiger partial charge in [-0.2, -0.15) is 5.10 Å². The molecule has 1 heterocycles. The average molecular weight is 281 g/mol. The second-order valence-corrected chi connectivity index (χ2v) is 5.29. The Morgan fingerprint density at radius 1 is 1.25 bits per heavy atom. The van der Waals surface area contributed by atoms with Crippen LogP contribution in [0.1, 0.15) is 58.7 Å². The third kappa shape index (κ3) is 5.63. The van der Waals surface area contributed by atoms with Gasteiger partial charge in [0.2, 0.25) is 0 Å². The van der Waals surface area contributed by atoms with Crippen LogP contribution in [0, 0.1) is 0 Å². The van der Waals surface area contributed by atoms with Gasteiger partial charge in [-0.05, 0) is 31.9 Å². The average Bonchev–Trinajstić information content (AvgIpc) is 2.89. The van der Waals surface area contributed by atoms with Crippen molar-refractivity contribution in [3.63, 3.8) is 0 Å². The first-order chi connectivity index (χ1) is 9.74. The highest BCUT2D eigenvalue weighted by Gasteiger charge is 2.13. The van der Waals surface area contributed by atoms with Gasteiger partial charge >= 0.3 is 0 Å². The Morgan fingerprint density at radius 2 is 2.00 bits per heavy atom. The van der Waals surface area contributed by atoms with Gasteiger partial charge in [-0.1, -0.05) is 27.7 Å². The largest absolute Gasteiger partial charge is 0.380 e. The molecule has 4 heteroatoms. The van der Waals surface area contributed by atoms with Crippen molar-refractivity contribution < 1.29 is 4.74 Å². The Kier molecular flexibility index (Phi) is 8.54. The number of hydrogen-bond donors (Lipinski definition) is 1. The highest BCUT2D eigenvalue weighted by molar-refractivity contribution is 5.02. The van der Waals surface area contributed by atoms with Crippen molar-refractivity contribution in [3.05, 3.63) is 18.0 Å². The SMILES string of the molecule is CCCOCC(Cc1ccn(C(CC)CC)n1)NCC. The molecule has 1 aromatic heterocycles. The van der Waals surface area contributed by atoms with Crippen LogP contribution in [0.15, 0.2) is 12.3 Å². The molecule has 1 unspecified atom stereocenters. The van der Waals surface area contributed by atoms with E-state index in [1.165, 1.54) is 0 Å². The monoisotopic (exact) mass is 281 g/mol. The third-order valence-electron chi connectivity index (χ3n) is 3.60. The Labute approximate surface area is 123 Å². The van der Waals surface area contributed by atoms with Gasteiger partial charge in [0.15, 0.2) is 0 Å². The molecule has 1 atom stereocenters. The van der Waals surface area contributed by atoms with E-state index in [9.17, 15) is 0 Å². The van der Waals surface area contributed by atoms with Crippen molar-refractivity contribution in [1.29, 1.82) is 0 Å². The summed E-state index contributed by atoms with van der Waals surface area (Å²) in [5.74, 6) is 0. The quantitative estimate of drug-likeness (QED) is 0.633. The second kappa shape index (κ2) is 9.94. The predicted octanol–water partition coefficient (Wildman–Crippen LogP) is 3.19. The second-order valence-electron chi connectivity index (χ2n) is 5.29. The third-order valence-corrected chi connectivity index (χ3v) is 3.60. The molecule has 1 N–H and O–H groups in total. The van der Waals surface area contributed by atoms with E-state index < -0.39 is 0 Å². The summed E-state index contributed by atoms with van der Waals surface area (Å²) in [7, 11) is 0. The highest BCUT2D eigenvalue weighted by Crippen LogP contribution is 2.15. The lowest BCUT2D eigenvalue weighted by molar-refractivity contribution is 0.112. The molecule has 1 aromatic rings. The van der Waals surface area contributed by atoms with Gasteiger partial charge in [0.25, 0.3) is 0 Å². The molecule has 0 saturated carbocycles. The zero-order chi connectivity index (χ0) is 14.8. The van der Waals surface area contributed by atoms with Crippen molar-refractivity contribution in [2.75, 3.05) is 19.8 Å². The molecule has 116 valence electrons. The van der Waals surface area contributed by atoms with E-state index in [2.05, 4.69) is 50.0 Å². The van der Waals surface area contributed by atoms with Gasteiger partial charge < -0.3 is 10.1 Å². The topological polar surface area (TPSA) is 39.1 Å². The summed E-state index contributed by atoms with van der Waals surface area (Å²) in [5.41, 5.74) is 1.16. The molecule has 0 saturated heterocycles. The van der Waals surface area contributed by atoms with E-state index in [1.807, 2.05) is 0 Å². The maximum Gasteiger partial charge on any atom is 0.0641 e. The van der Waals surface area contributed by atoms with Crippen LogP contribution in [0.4, 0.5) is 0 Å². The lowest BCUT2D eigenvalue weighted by atomic mass is 10.1. The Bertz CT molecular complexity index is 347. The van der Waals surface area contributed by atoms with Crippen molar-refractivity contribution >= 4 is 0 Å². The van der Waals surface area contributed by atoms with Gasteiger partial charge in [0, 0.05) is 25.3 Å². The number of likely N-dealkylation sites (N-methyl/N-ethyl adjacent to an activating group) is 1.